The molecule has 3 rings (SSSR count). The van der Waals surface area contributed by atoms with Gasteiger partial charge in [-0.2, -0.15) is 0 Å². The standard InChI is InChI=1S/C19H18N2O6S2/c1-29(24,25)21-9-8-15-6-7-18(28-15)16(22)11-26-19(23)14-4-2-13(3-5-14)17-10-20-12-27-17/h2-7,10,12,21H,8-9,11H2,1H3. The summed E-state index contributed by atoms with van der Waals surface area (Å²) in [5, 5.41) is 0. The van der Waals surface area contributed by atoms with Crippen LogP contribution in [-0.2, 0) is 21.2 Å². The van der Waals surface area contributed by atoms with Crippen LogP contribution >= 0.6 is 11.3 Å². The van der Waals surface area contributed by atoms with Gasteiger partial charge in [0, 0.05) is 17.0 Å². The van der Waals surface area contributed by atoms with E-state index in [1.165, 1.54) is 17.7 Å². The summed E-state index contributed by atoms with van der Waals surface area (Å²) in [5.41, 5.74) is 1.09. The highest BCUT2D eigenvalue weighted by atomic mass is 32.2. The van der Waals surface area contributed by atoms with Crippen molar-refractivity contribution in [3.05, 3.63) is 64.3 Å². The smallest absolute Gasteiger partial charge is 0.338 e. The maximum absolute atomic E-state index is 12.2. The topological polar surface area (TPSA) is 116 Å². The highest BCUT2D eigenvalue weighted by molar-refractivity contribution is 7.88. The molecule has 0 saturated heterocycles. The van der Waals surface area contributed by atoms with Gasteiger partial charge in [0.2, 0.25) is 15.8 Å². The van der Waals surface area contributed by atoms with Gasteiger partial charge in [-0.05, 0) is 30.7 Å². The van der Waals surface area contributed by atoms with Crippen molar-refractivity contribution in [3.63, 3.8) is 0 Å². The van der Waals surface area contributed by atoms with E-state index >= 15 is 0 Å². The Morgan fingerprint density at radius 1 is 1.17 bits per heavy atom. The largest absolute Gasteiger partial charge is 0.454 e. The summed E-state index contributed by atoms with van der Waals surface area (Å²) in [4.78, 5) is 29.5. The lowest BCUT2D eigenvalue weighted by atomic mass is 10.1. The summed E-state index contributed by atoms with van der Waals surface area (Å²) < 4.78 is 34.8. The molecule has 10 heteroatoms. The molecule has 2 heterocycles. The zero-order valence-corrected chi connectivity index (χ0v) is 17.1. The van der Waals surface area contributed by atoms with Gasteiger partial charge in [-0.25, -0.2) is 22.9 Å². The van der Waals surface area contributed by atoms with Crippen molar-refractivity contribution in [2.45, 2.75) is 6.42 Å². The third-order valence-electron chi connectivity index (χ3n) is 3.84. The molecule has 0 spiro atoms. The number of esters is 1. The highest BCUT2D eigenvalue weighted by Gasteiger charge is 2.14. The van der Waals surface area contributed by atoms with Gasteiger partial charge in [0.1, 0.15) is 0 Å². The van der Waals surface area contributed by atoms with Crippen LogP contribution in [0, 0.1) is 0 Å². The van der Waals surface area contributed by atoms with Crippen molar-refractivity contribution < 1.29 is 27.2 Å². The third-order valence-corrected chi connectivity index (χ3v) is 5.76. The number of ether oxygens (including phenoxy) is 1. The molecule has 3 aromatic rings. The predicted octanol–water partition coefficient (Wildman–Crippen LogP) is 2.53. The minimum atomic E-state index is -3.24. The van der Waals surface area contributed by atoms with E-state index < -0.39 is 16.0 Å². The van der Waals surface area contributed by atoms with Crippen molar-refractivity contribution in [1.29, 1.82) is 0 Å². The van der Waals surface area contributed by atoms with E-state index in [-0.39, 0.29) is 18.9 Å². The number of nitrogens with zero attached hydrogens (tertiary/aromatic N) is 1. The fraction of sp³-hybridized carbons (Fsp3) is 0.211. The molecule has 1 N–H and O–H groups in total. The van der Waals surface area contributed by atoms with Gasteiger partial charge in [-0.15, -0.1) is 11.3 Å². The number of hydrogen-bond acceptors (Lipinski definition) is 8. The molecule has 0 bridgehead atoms. The Bertz CT molecular complexity index is 1090. The number of nitrogens with one attached hydrogen (secondary N) is 1. The Morgan fingerprint density at radius 3 is 2.59 bits per heavy atom. The Morgan fingerprint density at radius 2 is 1.93 bits per heavy atom. The predicted molar refractivity (Wildman–Crippen MR) is 107 cm³/mol. The summed E-state index contributed by atoms with van der Waals surface area (Å²) in [7, 11) is -3.24. The number of carbonyl (C=O) groups excluding carboxylic acids is 2. The quantitative estimate of drug-likeness (QED) is 0.406. The van der Waals surface area contributed by atoms with Crippen molar-refractivity contribution in [2.24, 2.45) is 0 Å². The van der Waals surface area contributed by atoms with Crippen molar-refractivity contribution >= 4 is 33.1 Å². The lowest BCUT2D eigenvalue weighted by Gasteiger charge is -2.04. The van der Waals surface area contributed by atoms with Crippen molar-refractivity contribution in [3.8, 4) is 11.3 Å². The second kappa shape index (κ2) is 9.12. The lowest BCUT2D eigenvalue weighted by Crippen LogP contribution is -2.24. The Hall–Kier alpha value is -2.82. The van der Waals surface area contributed by atoms with E-state index in [0.29, 0.717) is 22.6 Å². The number of aromatic nitrogens is 1. The average molecular weight is 434 g/mol. The van der Waals surface area contributed by atoms with Crippen LogP contribution in [0.2, 0.25) is 0 Å². The van der Waals surface area contributed by atoms with Gasteiger partial charge in [-0.3, -0.25) is 4.79 Å². The molecule has 0 aliphatic heterocycles. The summed E-state index contributed by atoms with van der Waals surface area (Å²) in [6.07, 6.45) is 4.45. The SMILES string of the molecule is CS(=O)(=O)NCCc1ccc(C(=O)COC(=O)c2ccc(-c3cnco3)cc2)s1. The molecule has 0 aliphatic carbocycles. The van der Waals surface area contributed by atoms with Crippen molar-refractivity contribution in [1.82, 2.24) is 9.71 Å². The molecule has 1 aromatic carbocycles. The monoisotopic (exact) mass is 434 g/mol. The molecule has 152 valence electrons. The first kappa shape index (κ1) is 20.9. The molecule has 0 aliphatic rings. The van der Waals surface area contributed by atoms with E-state index in [1.54, 1.807) is 42.6 Å². The van der Waals surface area contributed by atoms with Gasteiger partial charge >= 0.3 is 5.97 Å². The molecule has 2 aromatic heterocycles. The fourth-order valence-corrected chi connectivity index (χ4v) is 3.84. The number of rotatable bonds is 9. The van der Waals surface area contributed by atoms with Gasteiger partial charge in [0.25, 0.3) is 0 Å². The van der Waals surface area contributed by atoms with Crippen LogP contribution in [0.5, 0.6) is 0 Å². The van der Waals surface area contributed by atoms with Crippen LogP contribution in [0.3, 0.4) is 0 Å². The van der Waals surface area contributed by atoms with E-state index in [2.05, 4.69) is 9.71 Å². The van der Waals surface area contributed by atoms with E-state index in [1.807, 2.05) is 0 Å². The number of hydrogen-bond donors (Lipinski definition) is 1. The molecular formula is C19H18N2O6S2. The lowest BCUT2D eigenvalue weighted by molar-refractivity contribution is 0.0476. The minimum absolute atomic E-state index is 0.256. The van der Waals surface area contributed by atoms with Crippen molar-refractivity contribution in [2.75, 3.05) is 19.4 Å². The summed E-state index contributed by atoms with van der Waals surface area (Å²) in [6.45, 7) is -0.115. The van der Waals surface area contributed by atoms with E-state index in [4.69, 9.17) is 9.15 Å². The molecule has 0 saturated carbocycles. The minimum Gasteiger partial charge on any atom is -0.454 e. The van der Waals surface area contributed by atoms with Crippen LogP contribution < -0.4 is 4.72 Å². The van der Waals surface area contributed by atoms with Crippen LogP contribution in [0.4, 0.5) is 0 Å². The van der Waals surface area contributed by atoms with Gasteiger partial charge < -0.3 is 9.15 Å². The molecule has 0 atom stereocenters. The third kappa shape index (κ3) is 6.08. The molecule has 0 amide bonds. The number of ketones is 1. The second-order valence-corrected chi connectivity index (χ2v) is 9.13. The molecular weight excluding hydrogens is 416 g/mol. The normalized spacial score (nSPS) is 11.3. The molecule has 0 radical (unpaired) electrons. The number of thiophene rings is 1. The zero-order chi connectivity index (χ0) is 20.9. The number of oxazole rings is 1. The summed E-state index contributed by atoms with van der Waals surface area (Å²) in [5.74, 6) is -0.333. The average Bonchev–Trinajstić information content (AvgIpc) is 3.37. The first-order chi connectivity index (χ1) is 13.8. The van der Waals surface area contributed by atoms with Gasteiger partial charge in [0.15, 0.2) is 18.8 Å². The Kier molecular flexibility index (Phi) is 6.57. The maximum atomic E-state index is 12.2. The van der Waals surface area contributed by atoms with Crippen LogP contribution in [-0.4, -0.2) is 44.6 Å². The number of Topliss-reactive ketones (excluding diaryl/α,β-unsaturated/α-hetero) is 1. The molecule has 8 nitrogen and oxygen atoms in total. The molecule has 0 unspecified atom stereocenters. The van der Waals surface area contributed by atoms with Gasteiger partial charge in [0.05, 0.1) is 22.9 Å². The zero-order valence-electron chi connectivity index (χ0n) is 15.5. The number of sulfonamides is 1. The first-order valence-corrected chi connectivity index (χ1v) is 11.3. The van der Waals surface area contributed by atoms with Gasteiger partial charge in [-0.1, -0.05) is 12.1 Å². The summed E-state index contributed by atoms with van der Waals surface area (Å²) >= 11 is 1.25. The number of carbonyl (C=O) groups is 2. The number of benzene rings is 1. The second-order valence-electron chi connectivity index (χ2n) is 6.12. The van der Waals surface area contributed by atoms with E-state index in [9.17, 15) is 18.0 Å². The Balaban J connectivity index is 1.50. The summed E-state index contributed by atoms with van der Waals surface area (Å²) in [6, 6.07) is 9.98. The first-order valence-electron chi connectivity index (χ1n) is 8.54. The van der Waals surface area contributed by atoms with Crippen LogP contribution in [0.15, 0.2) is 53.4 Å². The highest BCUT2D eigenvalue weighted by Crippen LogP contribution is 2.20. The van der Waals surface area contributed by atoms with Crippen LogP contribution in [0.25, 0.3) is 11.3 Å². The maximum Gasteiger partial charge on any atom is 0.338 e. The van der Waals surface area contributed by atoms with E-state index in [0.717, 1.165) is 16.7 Å². The van der Waals surface area contributed by atoms with Crippen LogP contribution in [0.1, 0.15) is 24.9 Å². The Labute approximate surface area is 171 Å². The fourth-order valence-electron chi connectivity index (χ4n) is 2.44. The molecule has 29 heavy (non-hydrogen) atoms. The molecule has 0 fully saturated rings.